The van der Waals surface area contributed by atoms with Crippen molar-refractivity contribution in [3.05, 3.63) is 60.2 Å². The molecule has 4 rings (SSSR count). The number of rotatable bonds is 5. The van der Waals surface area contributed by atoms with E-state index in [9.17, 15) is 4.79 Å². The maximum absolute atomic E-state index is 11.9. The minimum absolute atomic E-state index is 0.0865. The molecule has 1 fully saturated rings. The van der Waals surface area contributed by atoms with E-state index < -0.39 is 0 Å². The molecule has 2 unspecified atom stereocenters. The average molecular weight is 366 g/mol. The lowest BCUT2D eigenvalue weighted by Gasteiger charge is -2.30. The molecule has 1 aliphatic heterocycles. The van der Waals surface area contributed by atoms with E-state index in [0.29, 0.717) is 0 Å². The second-order valence-electron chi connectivity index (χ2n) is 6.63. The molecule has 5 heteroatoms. The van der Waals surface area contributed by atoms with E-state index in [1.807, 2.05) is 6.26 Å². The summed E-state index contributed by atoms with van der Waals surface area (Å²) in [7, 11) is 0. The zero-order chi connectivity index (χ0) is 17.9. The molecule has 0 aromatic heterocycles. The van der Waals surface area contributed by atoms with E-state index in [1.54, 1.807) is 11.8 Å². The third kappa shape index (κ3) is 3.56. The number of carbonyl (C=O) groups excluding carboxylic acids is 1. The maximum atomic E-state index is 11.9. The van der Waals surface area contributed by atoms with E-state index in [-0.39, 0.29) is 18.2 Å². The average Bonchev–Trinajstić information content (AvgIpc) is 2.67. The Balaban J connectivity index is 1.60. The first-order valence-electron chi connectivity index (χ1n) is 8.86. The Morgan fingerprint density at radius 1 is 1.04 bits per heavy atom. The standard InChI is InChI=1S/C21H22N2O2S/c1-26-10-9-19-21(24)25-23-20(22-19)13-17-8-4-7-16-11-14-5-2-3-6-15(14)12-18(16)17/h2-8,11-12,19-20,22-23H,9-10,13H2,1H3. The fourth-order valence-electron chi connectivity index (χ4n) is 3.51. The summed E-state index contributed by atoms with van der Waals surface area (Å²) in [6, 6.07) is 19.0. The van der Waals surface area contributed by atoms with Gasteiger partial charge in [-0.25, -0.2) is 4.79 Å². The molecule has 0 spiro atoms. The van der Waals surface area contributed by atoms with Crippen LogP contribution in [-0.4, -0.2) is 30.2 Å². The predicted octanol–water partition coefficient (Wildman–Crippen LogP) is 3.63. The summed E-state index contributed by atoms with van der Waals surface area (Å²) in [4.78, 5) is 17.1. The summed E-state index contributed by atoms with van der Waals surface area (Å²) < 4.78 is 0. The van der Waals surface area contributed by atoms with Crippen molar-refractivity contribution in [2.45, 2.75) is 25.0 Å². The van der Waals surface area contributed by atoms with E-state index in [1.165, 1.54) is 27.1 Å². The molecule has 0 aliphatic carbocycles. The van der Waals surface area contributed by atoms with Crippen LogP contribution in [-0.2, 0) is 16.1 Å². The van der Waals surface area contributed by atoms with E-state index in [2.05, 4.69) is 65.4 Å². The van der Waals surface area contributed by atoms with Crippen molar-refractivity contribution in [1.29, 1.82) is 0 Å². The van der Waals surface area contributed by atoms with Crippen LogP contribution in [0.5, 0.6) is 0 Å². The van der Waals surface area contributed by atoms with Gasteiger partial charge in [0.25, 0.3) is 0 Å². The number of nitrogens with one attached hydrogen (secondary N) is 2. The Morgan fingerprint density at radius 3 is 2.62 bits per heavy atom. The Morgan fingerprint density at radius 2 is 1.81 bits per heavy atom. The monoisotopic (exact) mass is 366 g/mol. The first-order chi connectivity index (χ1) is 12.7. The molecular formula is C21H22N2O2S. The molecule has 3 aromatic rings. The number of hydrogen-bond donors (Lipinski definition) is 2. The molecule has 134 valence electrons. The Hall–Kier alpha value is -2.08. The number of fused-ring (bicyclic) bond motifs is 2. The summed E-state index contributed by atoms with van der Waals surface area (Å²) in [6.45, 7) is 0. The summed E-state index contributed by atoms with van der Waals surface area (Å²) in [5.74, 6) is 0.707. The fourth-order valence-corrected chi connectivity index (χ4v) is 3.98. The fraction of sp³-hybridized carbons (Fsp3) is 0.286. The summed E-state index contributed by atoms with van der Waals surface area (Å²) in [5.41, 5.74) is 4.09. The number of thioether (sulfide) groups is 1. The largest absolute Gasteiger partial charge is 0.368 e. The lowest BCUT2D eigenvalue weighted by Crippen LogP contribution is -2.58. The van der Waals surface area contributed by atoms with Gasteiger partial charge in [0.1, 0.15) is 6.04 Å². The topological polar surface area (TPSA) is 50.4 Å². The normalized spacial score (nSPS) is 20.4. The van der Waals surface area contributed by atoms with E-state index >= 15 is 0 Å². The molecule has 2 N–H and O–H groups in total. The zero-order valence-corrected chi connectivity index (χ0v) is 15.5. The van der Waals surface area contributed by atoms with Crippen LogP contribution in [0.15, 0.2) is 54.6 Å². The Kier molecular flexibility index (Phi) is 5.11. The van der Waals surface area contributed by atoms with Crippen LogP contribution < -0.4 is 10.8 Å². The smallest absolute Gasteiger partial charge is 0.341 e. The lowest BCUT2D eigenvalue weighted by atomic mass is 9.97. The van der Waals surface area contributed by atoms with E-state index in [4.69, 9.17) is 4.84 Å². The van der Waals surface area contributed by atoms with Crippen molar-refractivity contribution in [2.75, 3.05) is 12.0 Å². The molecule has 2 atom stereocenters. The summed E-state index contributed by atoms with van der Waals surface area (Å²) >= 11 is 1.74. The predicted molar refractivity (Wildman–Crippen MR) is 108 cm³/mol. The van der Waals surface area contributed by atoms with Gasteiger partial charge in [-0.2, -0.15) is 11.8 Å². The van der Waals surface area contributed by atoms with Crippen LogP contribution in [0.1, 0.15) is 12.0 Å². The molecule has 0 bridgehead atoms. The Bertz CT molecular complexity index is 944. The van der Waals surface area contributed by atoms with Gasteiger partial charge in [0.2, 0.25) is 0 Å². The van der Waals surface area contributed by atoms with Crippen LogP contribution >= 0.6 is 11.8 Å². The minimum atomic E-state index is -0.246. The first kappa shape index (κ1) is 17.3. The highest BCUT2D eigenvalue weighted by molar-refractivity contribution is 7.98. The number of hydroxylamine groups is 1. The molecular weight excluding hydrogens is 344 g/mol. The van der Waals surface area contributed by atoms with Gasteiger partial charge in [0.15, 0.2) is 0 Å². The number of carbonyl (C=O) groups is 1. The number of benzene rings is 3. The highest BCUT2D eigenvalue weighted by Crippen LogP contribution is 2.26. The molecule has 4 nitrogen and oxygen atoms in total. The van der Waals surface area contributed by atoms with E-state index in [0.717, 1.165) is 18.6 Å². The van der Waals surface area contributed by atoms with Gasteiger partial charge in [-0.05, 0) is 57.7 Å². The second-order valence-corrected chi connectivity index (χ2v) is 7.62. The third-order valence-corrected chi connectivity index (χ3v) is 5.50. The highest BCUT2D eigenvalue weighted by Gasteiger charge is 2.29. The molecule has 1 heterocycles. The molecule has 3 aromatic carbocycles. The van der Waals surface area contributed by atoms with Crippen LogP contribution in [0.25, 0.3) is 21.5 Å². The Labute approximate surface area is 157 Å². The van der Waals surface area contributed by atoms with Crippen molar-refractivity contribution < 1.29 is 9.63 Å². The number of hydrogen-bond acceptors (Lipinski definition) is 5. The zero-order valence-electron chi connectivity index (χ0n) is 14.7. The van der Waals surface area contributed by atoms with Gasteiger partial charge in [0.05, 0.1) is 6.17 Å². The lowest BCUT2D eigenvalue weighted by molar-refractivity contribution is -0.163. The third-order valence-electron chi connectivity index (χ3n) is 4.86. The maximum Gasteiger partial charge on any atom is 0.341 e. The summed E-state index contributed by atoms with van der Waals surface area (Å²) in [5, 5.41) is 8.35. The highest BCUT2D eigenvalue weighted by atomic mass is 32.2. The van der Waals surface area contributed by atoms with Crippen molar-refractivity contribution in [2.24, 2.45) is 0 Å². The molecule has 26 heavy (non-hydrogen) atoms. The van der Waals surface area contributed by atoms with Crippen molar-refractivity contribution >= 4 is 39.3 Å². The second kappa shape index (κ2) is 7.66. The van der Waals surface area contributed by atoms with Crippen LogP contribution in [0, 0.1) is 0 Å². The molecule has 0 radical (unpaired) electrons. The molecule has 0 amide bonds. The van der Waals surface area contributed by atoms with Gasteiger partial charge in [-0.3, -0.25) is 5.32 Å². The van der Waals surface area contributed by atoms with Gasteiger partial charge >= 0.3 is 5.97 Å². The molecule has 1 aliphatic rings. The van der Waals surface area contributed by atoms with Gasteiger partial charge in [-0.15, -0.1) is 5.48 Å². The molecule has 1 saturated heterocycles. The van der Waals surface area contributed by atoms with Gasteiger partial charge in [-0.1, -0.05) is 42.5 Å². The minimum Gasteiger partial charge on any atom is -0.368 e. The summed E-state index contributed by atoms with van der Waals surface area (Å²) in [6.07, 6.45) is 3.48. The van der Waals surface area contributed by atoms with Crippen molar-refractivity contribution in [3.63, 3.8) is 0 Å². The SMILES string of the molecule is CSCCC1NC(Cc2cccc3cc4ccccc4cc23)NOC1=O. The van der Waals surface area contributed by atoms with Gasteiger partial charge < -0.3 is 4.84 Å². The van der Waals surface area contributed by atoms with Crippen molar-refractivity contribution in [1.82, 2.24) is 10.8 Å². The van der Waals surface area contributed by atoms with Gasteiger partial charge in [0, 0.05) is 6.42 Å². The van der Waals surface area contributed by atoms with Crippen LogP contribution in [0.4, 0.5) is 0 Å². The molecule has 0 saturated carbocycles. The quantitative estimate of drug-likeness (QED) is 0.675. The van der Waals surface area contributed by atoms with Crippen molar-refractivity contribution in [3.8, 4) is 0 Å². The van der Waals surface area contributed by atoms with Crippen LogP contribution in [0.2, 0.25) is 0 Å². The van der Waals surface area contributed by atoms with Crippen LogP contribution in [0.3, 0.4) is 0 Å². The first-order valence-corrected chi connectivity index (χ1v) is 10.3.